The van der Waals surface area contributed by atoms with Gasteiger partial charge in [0.1, 0.15) is 5.82 Å². The predicted octanol–water partition coefficient (Wildman–Crippen LogP) is 1.91. The Labute approximate surface area is 101 Å². The summed E-state index contributed by atoms with van der Waals surface area (Å²) >= 11 is 0. The minimum atomic E-state index is -1.66. The first-order valence-corrected chi connectivity index (χ1v) is 5.90. The normalized spacial score (nSPS) is 10.5. The highest BCUT2D eigenvalue weighted by Crippen LogP contribution is 2.09. The highest BCUT2D eigenvalue weighted by molar-refractivity contribution is 6.32. The highest BCUT2D eigenvalue weighted by Gasteiger charge is 2.06. The first-order chi connectivity index (χ1) is 8.18. The van der Waals surface area contributed by atoms with Crippen LogP contribution < -0.4 is 0 Å². The highest BCUT2D eigenvalue weighted by atomic mass is 19.1. The van der Waals surface area contributed by atoms with Gasteiger partial charge in [-0.3, -0.25) is 0 Å². The van der Waals surface area contributed by atoms with Crippen LogP contribution in [-0.4, -0.2) is 24.0 Å². The van der Waals surface area contributed by atoms with E-state index < -0.39 is 7.32 Å². The summed E-state index contributed by atoms with van der Waals surface area (Å²) in [4.78, 5) is 0. The van der Waals surface area contributed by atoms with Crippen molar-refractivity contribution in [3.8, 4) is 0 Å². The van der Waals surface area contributed by atoms with Gasteiger partial charge in [0.05, 0.1) is 0 Å². The summed E-state index contributed by atoms with van der Waals surface area (Å²) in [6.45, 7) is 0.359. The van der Waals surface area contributed by atoms with E-state index in [-0.39, 0.29) is 5.82 Å². The van der Waals surface area contributed by atoms with Crippen LogP contribution in [0.5, 0.6) is 0 Å². The topological polar surface area (TPSA) is 49.7 Å². The zero-order valence-corrected chi connectivity index (χ0v) is 9.81. The van der Waals surface area contributed by atoms with E-state index in [9.17, 15) is 4.39 Å². The standard InChI is InChI=1S/C12H18BFO3/c14-12-8-5-7-11(10-12)6-3-1-2-4-9-17-13(15)16/h5,7-8,10,15-16H,1-4,6,9H2. The predicted molar refractivity (Wildman–Crippen MR) is 64.7 cm³/mol. The maximum Gasteiger partial charge on any atom is 0.633 e. The molecule has 0 aliphatic rings. The molecule has 1 aromatic rings. The molecule has 0 aliphatic heterocycles. The average molecular weight is 240 g/mol. The van der Waals surface area contributed by atoms with E-state index in [0.29, 0.717) is 6.61 Å². The molecule has 5 heteroatoms. The van der Waals surface area contributed by atoms with Gasteiger partial charge in [-0.05, 0) is 37.0 Å². The minimum absolute atomic E-state index is 0.187. The number of rotatable bonds is 8. The molecule has 0 heterocycles. The molecule has 2 N–H and O–H groups in total. The monoisotopic (exact) mass is 240 g/mol. The SMILES string of the molecule is OB(O)OCCCCCCc1cccc(F)c1. The van der Waals surface area contributed by atoms with Crippen molar-refractivity contribution in [2.45, 2.75) is 32.1 Å². The lowest BCUT2D eigenvalue weighted by Crippen LogP contribution is -2.17. The molecule has 0 unspecified atom stereocenters. The summed E-state index contributed by atoms with van der Waals surface area (Å²) in [5.74, 6) is -0.187. The molecule has 3 nitrogen and oxygen atoms in total. The van der Waals surface area contributed by atoms with Crippen LogP contribution in [-0.2, 0) is 11.1 Å². The second-order valence-corrected chi connectivity index (χ2v) is 3.99. The average Bonchev–Trinajstić information content (AvgIpc) is 2.27. The molecule has 0 spiro atoms. The summed E-state index contributed by atoms with van der Waals surface area (Å²) in [6.07, 6.45) is 4.69. The van der Waals surface area contributed by atoms with Crippen LogP contribution in [0.25, 0.3) is 0 Å². The molecular formula is C12H18BFO3. The number of benzene rings is 1. The number of hydrogen-bond acceptors (Lipinski definition) is 3. The van der Waals surface area contributed by atoms with E-state index in [1.165, 1.54) is 6.07 Å². The molecule has 0 amide bonds. The van der Waals surface area contributed by atoms with Crippen LogP contribution in [0.3, 0.4) is 0 Å². The smallest absolute Gasteiger partial charge is 0.402 e. The molecular weight excluding hydrogens is 222 g/mol. The Hall–Kier alpha value is -0.905. The molecule has 0 aromatic heterocycles. The molecule has 0 aliphatic carbocycles. The lowest BCUT2D eigenvalue weighted by Gasteiger charge is -2.03. The zero-order valence-electron chi connectivity index (χ0n) is 9.81. The van der Waals surface area contributed by atoms with Gasteiger partial charge in [-0.1, -0.05) is 25.0 Å². The van der Waals surface area contributed by atoms with E-state index in [1.807, 2.05) is 6.07 Å². The van der Waals surface area contributed by atoms with Gasteiger partial charge in [0.15, 0.2) is 0 Å². The van der Waals surface area contributed by atoms with Crippen molar-refractivity contribution in [3.05, 3.63) is 35.6 Å². The largest absolute Gasteiger partial charge is 0.633 e. The first-order valence-electron chi connectivity index (χ1n) is 5.90. The molecule has 0 bridgehead atoms. The summed E-state index contributed by atoms with van der Waals surface area (Å²) in [6, 6.07) is 6.65. The molecule has 0 atom stereocenters. The fraction of sp³-hybridized carbons (Fsp3) is 0.500. The first kappa shape index (κ1) is 14.2. The number of unbranched alkanes of at least 4 members (excludes halogenated alkanes) is 3. The Morgan fingerprint density at radius 2 is 1.88 bits per heavy atom. The van der Waals surface area contributed by atoms with Crippen molar-refractivity contribution in [1.29, 1.82) is 0 Å². The second kappa shape index (κ2) is 8.22. The van der Waals surface area contributed by atoms with Crippen molar-refractivity contribution in [1.82, 2.24) is 0 Å². The zero-order chi connectivity index (χ0) is 12.5. The van der Waals surface area contributed by atoms with Gasteiger partial charge in [-0.2, -0.15) is 0 Å². The minimum Gasteiger partial charge on any atom is -0.402 e. The van der Waals surface area contributed by atoms with Gasteiger partial charge in [-0.25, -0.2) is 4.39 Å². The molecule has 0 radical (unpaired) electrons. The van der Waals surface area contributed by atoms with Gasteiger partial charge < -0.3 is 14.7 Å². The number of aryl methyl sites for hydroxylation is 1. The van der Waals surface area contributed by atoms with E-state index in [1.54, 1.807) is 12.1 Å². The Kier molecular flexibility index (Phi) is 6.85. The van der Waals surface area contributed by atoms with Gasteiger partial charge >= 0.3 is 7.32 Å². The van der Waals surface area contributed by atoms with Gasteiger partial charge in [0.25, 0.3) is 0 Å². The van der Waals surface area contributed by atoms with Crippen molar-refractivity contribution in [3.63, 3.8) is 0 Å². The molecule has 1 aromatic carbocycles. The van der Waals surface area contributed by atoms with Crippen LogP contribution in [0.15, 0.2) is 24.3 Å². The third kappa shape index (κ3) is 7.10. The van der Waals surface area contributed by atoms with Crippen molar-refractivity contribution in [2.24, 2.45) is 0 Å². The Morgan fingerprint density at radius 3 is 2.59 bits per heavy atom. The van der Waals surface area contributed by atoms with E-state index in [2.05, 4.69) is 4.65 Å². The third-order valence-corrected chi connectivity index (χ3v) is 2.52. The maximum atomic E-state index is 12.9. The third-order valence-electron chi connectivity index (χ3n) is 2.52. The van der Waals surface area contributed by atoms with Crippen LogP contribution in [0.2, 0.25) is 0 Å². The van der Waals surface area contributed by atoms with E-state index in [4.69, 9.17) is 10.0 Å². The molecule has 94 valence electrons. The molecule has 0 saturated heterocycles. The van der Waals surface area contributed by atoms with Crippen molar-refractivity contribution >= 4 is 7.32 Å². The molecule has 17 heavy (non-hydrogen) atoms. The second-order valence-electron chi connectivity index (χ2n) is 3.99. The lowest BCUT2D eigenvalue weighted by molar-refractivity contribution is 0.182. The summed E-state index contributed by atoms with van der Waals surface area (Å²) < 4.78 is 17.4. The lowest BCUT2D eigenvalue weighted by atomic mass is 10.1. The Bertz CT molecular complexity index is 320. The van der Waals surface area contributed by atoms with Crippen molar-refractivity contribution < 1.29 is 19.1 Å². The van der Waals surface area contributed by atoms with Crippen molar-refractivity contribution in [2.75, 3.05) is 6.61 Å². The van der Waals surface area contributed by atoms with E-state index >= 15 is 0 Å². The Morgan fingerprint density at radius 1 is 1.12 bits per heavy atom. The fourth-order valence-electron chi connectivity index (χ4n) is 1.67. The molecule has 0 fully saturated rings. The summed E-state index contributed by atoms with van der Waals surface area (Å²) in [5, 5.41) is 16.9. The summed E-state index contributed by atoms with van der Waals surface area (Å²) in [7, 11) is -1.66. The summed E-state index contributed by atoms with van der Waals surface area (Å²) in [5.41, 5.74) is 1.02. The molecule has 0 saturated carbocycles. The van der Waals surface area contributed by atoms with Crippen LogP contribution >= 0.6 is 0 Å². The van der Waals surface area contributed by atoms with Crippen LogP contribution in [0.4, 0.5) is 4.39 Å². The van der Waals surface area contributed by atoms with Gasteiger partial charge in [0, 0.05) is 6.61 Å². The molecule has 1 rings (SSSR count). The van der Waals surface area contributed by atoms with E-state index in [0.717, 1.165) is 37.7 Å². The number of hydrogen-bond donors (Lipinski definition) is 2. The fourth-order valence-corrected chi connectivity index (χ4v) is 1.67. The van der Waals surface area contributed by atoms with Gasteiger partial charge in [-0.15, -0.1) is 0 Å². The van der Waals surface area contributed by atoms with Crippen LogP contribution in [0.1, 0.15) is 31.2 Å². The van der Waals surface area contributed by atoms with Crippen LogP contribution in [0, 0.1) is 5.82 Å². The maximum absolute atomic E-state index is 12.9. The Balaban J connectivity index is 2.01. The number of halogens is 1. The quantitative estimate of drug-likeness (QED) is 0.539. The van der Waals surface area contributed by atoms with Gasteiger partial charge in [0.2, 0.25) is 0 Å².